The molecule has 3 aliphatic rings. The summed E-state index contributed by atoms with van der Waals surface area (Å²) in [6, 6.07) is -0.210. The Labute approximate surface area is 149 Å². The number of aliphatic hydroxyl groups excluding tert-OH is 1. The van der Waals surface area contributed by atoms with Crippen LogP contribution in [0.4, 0.5) is 0 Å². The minimum absolute atomic E-state index is 0.0401. The van der Waals surface area contributed by atoms with Gasteiger partial charge in [0.15, 0.2) is 0 Å². The fourth-order valence-corrected chi connectivity index (χ4v) is 10.0. The van der Waals surface area contributed by atoms with Gasteiger partial charge in [-0.05, 0) is 12.3 Å². The molecule has 1 atom stereocenters. The lowest BCUT2D eigenvalue weighted by atomic mass is 10.3. The molecule has 0 saturated heterocycles. The summed E-state index contributed by atoms with van der Waals surface area (Å²) >= 11 is 10.7. The summed E-state index contributed by atoms with van der Waals surface area (Å²) in [5, 5.41) is 13.7. The number of hydrogen-bond acceptors (Lipinski definition) is 8. The summed E-state index contributed by atoms with van der Waals surface area (Å²) in [6.07, 6.45) is 0. The first-order chi connectivity index (χ1) is 10.2. The molecule has 114 valence electrons. The lowest BCUT2D eigenvalue weighted by molar-refractivity contribution is -0.117. The molecule has 1 amide bonds. The van der Waals surface area contributed by atoms with Crippen molar-refractivity contribution >= 4 is 76.5 Å². The Kier molecular flexibility index (Phi) is 5.97. The fourth-order valence-electron chi connectivity index (χ4n) is 1.59. The average molecular weight is 396 g/mol. The molecule has 0 spiro atoms. The highest BCUT2D eigenvalue weighted by Gasteiger charge is 2.30. The number of nitrogens with one attached hydrogen (secondary N) is 1. The lowest BCUT2D eigenvalue weighted by Crippen LogP contribution is -2.35. The number of carbonyl (C=O) groups excluding carboxylic acids is 1. The maximum atomic E-state index is 12.0. The van der Waals surface area contributed by atoms with Gasteiger partial charge in [0.05, 0.1) is 28.5 Å². The first-order valence-electron chi connectivity index (χ1n) is 6.23. The van der Waals surface area contributed by atoms with Crippen molar-refractivity contribution in [1.29, 1.82) is 0 Å². The Balaban J connectivity index is 1.62. The standard InChI is InChI=1S/C12H13NO2S6/c1-6(4-14)13-8(15)7-5-18-11(19-7)12-20-9-10(21-12)17-3-2-16-9/h5-6,14H,2-4H2,1H3,(H,13,15)/t6-/m0/s1. The number of amides is 1. The van der Waals surface area contributed by atoms with E-state index >= 15 is 0 Å². The molecule has 9 heteroatoms. The Morgan fingerprint density at radius 1 is 1.19 bits per heavy atom. The van der Waals surface area contributed by atoms with E-state index in [-0.39, 0.29) is 18.6 Å². The third kappa shape index (κ3) is 3.99. The Morgan fingerprint density at radius 2 is 1.86 bits per heavy atom. The van der Waals surface area contributed by atoms with Gasteiger partial charge in [-0.2, -0.15) is 0 Å². The van der Waals surface area contributed by atoms with Crippen molar-refractivity contribution < 1.29 is 9.90 Å². The largest absolute Gasteiger partial charge is 0.394 e. The molecule has 3 nitrogen and oxygen atoms in total. The maximum Gasteiger partial charge on any atom is 0.258 e. The monoisotopic (exact) mass is 395 g/mol. The normalized spacial score (nSPS) is 23.2. The zero-order valence-corrected chi connectivity index (χ0v) is 16.0. The molecular formula is C12H13NO2S6. The molecule has 0 radical (unpaired) electrons. The van der Waals surface area contributed by atoms with E-state index in [1.807, 2.05) is 52.5 Å². The van der Waals surface area contributed by atoms with Crippen molar-refractivity contribution in [3.8, 4) is 0 Å². The van der Waals surface area contributed by atoms with Crippen molar-refractivity contribution in [2.75, 3.05) is 18.1 Å². The SMILES string of the molecule is C[C@@H](CO)NC(=O)C1=CSC(=C2SC3=C(SCCS3)S2)S1. The van der Waals surface area contributed by atoms with Crippen LogP contribution in [0.5, 0.6) is 0 Å². The number of thioether (sulfide) groups is 6. The summed E-state index contributed by atoms with van der Waals surface area (Å²) in [6.45, 7) is 1.75. The van der Waals surface area contributed by atoms with E-state index in [4.69, 9.17) is 5.11 Å². The van der Waals surface area contributed by atoms with Crippen molar-refractivity contribution in [2.24, 2.45) is 0 Å². The lowest BCUT2D eigenvalue weighted by Gasteiger charge is -2.10. The predicted octanol–water partition coefficient (Wildman–Crippen LogP) is 4.02. The summed E-state index contributed by atoms with van der Waals surface area (Å²) in [5.74, 6) is 2.27. The second kappa shape index (κ2) is 7.55. The van der Waals surface area contributed by atoms with E-state index in [0.717, 1.165) is 0 Å². The molecule has 3 rings (SSSR count). The van der Waals surface area contributed by atoms with Crippen LogP contribution in [0.2, 0.25) is 0 Å². The molecule has 0 unspecified atom stereocenters. The molecule has 0 fully saturated rings. The third-order valence-corrected chi connectivity index (χ3v) is 11.3. The van der Waals surface area contributed by atoms with Gasteiger partial charge in [-0.15, -0.1) is 23.5 Å². The third-order valence-electron chi connectivity index (χ3n) is 2.60. The van der Waals surface area contributed by atoms with Crippen LogP contribution in [0.3, 0.4) is 0 Å². The van der Waals surface area contributed by atoms with Crippen molar-refractivity contribution in [1.82, 2.24) is 5.32 Å². The summed E-state index contributed by atoms with van der Waals surface area (Å²) < 4.78 is 5.34. The first kappa shape index (κ1) is 16.6. The quantitative estimate of drug-likeness (QED) is 0.743. The van der Waals surface area contributed by atoms with Crippen LogP contribution < -0.4 is 5.32 Å². The highest BCUT2D eigenvalue weighted by molar-refractivity contribution is 8.43. The van der Waals surface area contributed by atoms with Crippen LogP contribution in [-0.2, 0) is 4.79 Å². The molecule has 0 saturated carbocycles. The van der Waals surface area contributed by atoms with E-state index in [0.29, 0.717) is 4.91 Å². The zero-order valence-electron chi connectivity index (χ0n) is 11.1. The topological polar surface area (TPSA) is 49.3 Å². The number of hydrogen-bond donors (Lipinski definition) is 2. The second-order valence-electron chi connectivity index (χ2n) is 4.31. The van der Waals surface area contributed by atoms with Crippen LogP contribution in [0, 0.1) is 0 Å². The highest BCUT2D eigenvalue weighted by Crippen LogP contribution is 2.63. The molecule has 3 aliphatic heterocycles. The zero-order chi connectivity index (χ0) is 14.8. The minimum atomic E-state index is -0.210. The van der Waals surface area contributed by atoms with Gasteiger partial charge in [0.25, 0.3) is 5.91 Å². The molecular weight excluding hydrogens is 383 g/mol. The predicted molar refractivity (Wildman–Crippen MR) is 102 cm³/mol. The summed E-state index contributed by atoms with van der Waals surface area (Å²) in [7, 11) is 0. The Bertz CT molecular complexity index is 536. The Hall–Kier alpha value is 0.750. The van der Waals surface area contributed by atoms with Crippen LogP contribution in [0.1, 0.15) is 6.92 Å². The number of carbonyl (C=O) groups is 1. The van der Waals surface area contributed by atoms with Gasteiger partial charge >= 0.3 is 0 Å². The molecule has 0 aromatic heterocycles. The molecule has 0 bridgehead atoms. The van der Waals surface area contributed by atoms with Crippen molar-refractivity contribution in [3.63, 3.8) is 0 Å². The van der Waals surface area contributed by atoms with E-state index < -0.39 is 0 Å². The molecule has 0 aromatic carbocycles. The maximum absolute atomic E-state index is 12.0. The van der Waals surface area contributed by atoms with E-state index in [9.17, 15) is 4.79 Å². The fraction of sp³-hybridized carbons (Fsp3) is 0.417. The van der Waals surface area contributed by atoms with Crippen molar-refractivity contribution in [2.45, 2.75) is 13.0 Å². The van der Waals surface area contributed by atoms with Gasteiger partial charge in [0.1, 0.15) is 0 Å². The molecule has 3 heterocycles. The van der Waals surface area contributed by atoms with Crippen molar-refractivity contribution in [3.05, 3.63) is 27.3 Å². The van der Waals surface area contributed by atoms with Crippen LogP contribution in [0.25, 0.3) is 0 Å². The smallest absolute Gasteiger partial charge is 0.258 e. The molecule has 0 aliphatic carbocycles. The van der Waals surface area contributed by atoms with E-state index in [2.05, 4.69) is 5.32 Å². The average Bonchev–Trinajstić information content (AvgIpc) is 3.13. The second-order valence-corrected chi connectivity index (χ2v) is 11.5. The van der Waals surface area contributed by atoms with Crippen LogP contribution in [-0.4, -0.2) is 35.2 Å². The van der Waals surface area contributed by atoms with Crippen LogP contribution in [0.15, 0.2) is 27.3 Å². The molecule has 0 aromatic rings. The van der Waals surface area contributed by atoms with Gasteiger partial charge in [-0.3, -0.25) is 4.79 Å². The number of aliphatic hydroxyl groups is 1. The van der Waals surface area contributed by atoms with E-state index in [1.54, 1.807) is 18.7 Å². The summed E-state index contributed by atoms with van der Waals surface area (Å²) in [4.78, 5) is 12.8. The van der Waals surface area contributed by atoms with Gasteiger partial charge in [-0.25, -0.2) is 0 Å². The molecule has 2 N–H and O–H groups in total. The Morgan fingerprint density at radius 3 is 2.48 bits per heavy atom. The molecule has 21 heavy (non-hydrogen) atoms. The summed E-state index contributed by atoms with van der Waals surface area (Å²) in [5.41, 5.74) is 0. The minimum Gasteiger partial charge on any atom is -0.394 e. The first-order valence-corrected chi connectivity index (χ1v) is 11.5. The van der Waals surface area contributed by atoms with Gasteiger partial charge in [-0.1, -0.05) is 47.0 Å². The van der Waals surface area contributed by atoms with Crippen LogP contribution >= 0.6 is 70.6 Å². The van der Waals surface area contributed by atoms with Gasteiger partial charge in [0.2, 0.25) is 0 Å². The highest BCUT2D eigenvalue weighted by atomic mass is 32.3. The van der Waals surface area contributed by atoms with E-state index in [1.165, 1.54) is 40.2 Å². The van der Waals surface area contributed by atoms with Gasteiger partial charge in [0, 0.05) is 17.5 Å². The van der Waals surface area contributed by atoms with Gasteiger partial charge < -0.3 is 10.4 Å². The number of rotatable bonds is 3.